The number of aromatic amines is 1. The molecule has 2 aromatic rings. The van der Waals surface area contributed by atoms with Gasteiger partial charge in [-0.05, 0) is 24.6 Å². The molecule has 0 aliphatic carbocycles. The topological polar surface area (TPSA) is 70.7 Å². The Morgan fingerprint density at radius 3 is 2.95 bits per heavy atom. The molecular weight excluding hydrogens is 319 g/mol. The van der Waals surface area contributed by atoms with E-state index in [4.69, 9.17) is 23.2 Å². The lowest BCUT2D eigenvalue weighted by molar-refractivity contribution is -0.119. The molecule has 0 saturated carbocycles. The van der Waals surface area contributed by atoms with Gasteiger partial charge in [0.25, 0.3) is 0 Å². The van der Waals surface area contributed by atoms with Gasteiger partial charge in [0, 0.05) is 10.0 Å². The number of hydrogen-bond acceptors (Lipinski definition) is 4. The second kappa shape index (κ2) is 6.97. The summed E-state index contributed by atoms with van der Waals surface area (Å²) in [6.07, 6.45) is 1.40. The van der Waals surface area contributed by atoms with Gasteiger partial charge in [0.05, 0.1) is 11.8 Å². The third-order valence-corrected chi connectivity index (χ3v) is 3.98. The molecule has 0 spiro atoms. The minimum absolute atomic E-state index is 0.107. The number of nitrogens with zero attached hydrogens (tertiary/aromatic N) is 2. The first-order valence-electron chi connectivity index (χ1n) is 5.78. The van der Waals surface area contributed by atoms with E-state index in [1.807, 2.05) is 6.92 Å². The van der Waals surface area contributed by atoms with Gasteiger partial charge in [-0.2, -0.15) is 5.10 Å². The molecule has 0 aliphatic heterocycles. The molecule has 1 heterocycles. The summed E-state index contributed by atoms with van der Waals surface area (Å²) in [6.45, 7) is 1.87. The first-order valence-corrected chi connectivity index (χ1v) is 7.53. The summed E-state index contributed by atoms with van der Waals surface area (Å²) < 4.78 is 0. The third kappa shape index (κ3) is 4.13. The van der Waals surface area contributed by atoms with Crippen molar-refractivity contribution in [3.8, 4) is 0 Å². The van der Waals surface area contributed by atoms with E-state index in [0.717, 1.165) is 5.56 Å². The minimum Gasteiger partial charge on any atom is -0.349 e. The van der Waals surface area contributed by atoms with Crippen LogP contribution in [0.5, 0.6) is 0 Å². The second-order valence-corrected chi connectivity index (χ2v) is 5.84. The molecule has 1 amide bonds. The summed E-state index contributed by atoms with van der Waals surface area (Å²) in [5.74, 6) is 0.148. The molecule has 2 rings (SSSR count). The number of thioether (sulfide) groups is 1. The Bertz CT molecular complexity index is 591. The molecule has 0 bridgehead atoms. The number of carbonyl (C=O) groups excluding carboxylic acids is 1. The summed E-state index contributed by atoms with van der Waals surface area (Å²) in [7, 11) is 0. The van der Waals surface area contributed by atoms with Crippen LogP contribution in [-0.4, -0.2) is 26.8 Å². The van der Waals surface area contributed by atoms with E-state index >= 15 is 0 Å². The summed E-state index contributed by atoms with van der Waals surface area (Å²) in [5.41, 5.74) is 0.828. The maximum atomic E-state index is 11.8. The summed E-state index contributed by atoms with van der Waals surface area (Å²) in [4.78, 5) is 15.8. The molecule has 0 radical (unpaired) electrons. The van der Waals surface area contributed by atoms with Gasteiger partial charge < -0.3 is 5.32 Å². The van der Waals surface area contributed by atoms with Crippen molar-refractivity contribution in [3.05, 3.63) is 40.1 Å². The summed E-state index contributed by atoms with van der Waals surface area (Å²) in [6, 6.07) is 5.01. The average molecular weight is 331 g/mol. The van der Waals surface area contributed by atoms with E-state index in [-0.39, 0.29) is 17.7 Å². The Balaban J connectivity index is 1.90. The Labute approximate surface area is 130 Å². The van der Waals surface area contributed by atoms with Crippen LogP contribution < -0.4 is 5.32 Å². The standard InChI is InChI=1S/C12H12Cl2N4OS/c1-7(9-3-2-8(13)4-10(9)14)17-11(19)5-20-12-15-6-16-18-12/h2-4,6-7H,5H2,1H3,(H,17,19)(H,15,16,18)/t7-/m0/s1. The number of aromatic nitrogens is 3. The van der Waals surface area contributed by atoms with E-state index in [1.54, 1.807) is 18.2 Å². The van der Waals surface area contributed by atoms with Crippen molar-refractivity contribution in [3.63, 3.8) is 0 Å². The predicted molar refractivity (Wildman–Crippen MR) is 80.1 cm³/mol. The fourth-order valence-electron chi connectivity index (χ4n) is 1.61. The molecule has 0 aliphatic rings. The van der Waals surface area contributed by atoms with Gasteiger partial charge in [-0.3, -0.25) is 9.89 Å². The SMILES string of the molecule is C[C@H](NC(=O)CSc1ncn[nH]1)c1ccc(Cl)cc1Cl. The Morgan fingerprint density at radius 2 is 2.30 bits per heavy atom. The number of H-pyrrole nitrogens is 1. The highest BCUT2D eigenvalue weighted by atomic mass is 35.5. The van der Waals surface area contributed by atoms with Crippen molar-refractivity contribution in [2.24, 2.45) is 0 Å². The average Bonchev–Trinajstić information content (AvgIpc) is 2.89. The van der Waals surface area contributed by atoms with E-state index in [9.17, 15) is 4.79 Å². The van der Waals surface area contributed by atoms with Crippen LogP contribution >= 0.6 is 35.0 Å². The molecular formula is C12H12Cl2N4OS. The van der Waals surface area contributed by atoms with E-state index in [0.29, 0.717) is 15.2 Å². The normalized spacial score (nSPS) is 12.2. The molecule has 106 valence electrons. The highest BCUT2D eigenvalue weighted by Crippen LogP contribution is 2.26. The van der Waals surface area contributed by atoms with Gasteiger partial charge in [0.2, 0.25) is 5.91 Å². The highest BCUT2D eigenvalue weighted by Gasteiger charge is 2.13. The first kappa shape index (κ1) is 15.2. The van der Waals surface area contributed by atoms with E-state index < -0.39 is 0 Å². The van der Waals surface area contributed by atoms with Gasteiger partial charge in [-0.15, -0.1) is 0 Å². The van der Waals surface area contributed by atoms with Crippen molar-refractivity contribution >= 4 is 40.9 Å². The monoisotopic (exact) mass is 330 g/mol. The molecule has 8 heteroatoms. The van der Waals surface area contributed by atoms with Crippen LogP contribution in [-0.2, 0) is 4.79 Å². The van der Waals surface area contributed by atoms with Crippen molar-refractivity contribution in [1.82, 2.24) is 20.5 Å². The zero-order chi connectivity index (χ0) is 14.5. The van der Waals surface area contributed by atoms with E-state index in [2.05, 4.69) is 20.5 Å². The Kier molecular flexibility index (Phi) is 5.28. The second-order valence-electron chi connectivity index (χ2n) is 4.03. The van der Waals surface area contributed by atoms with Gasteiger partial charge >= 0.3 is 0 Å². The lowest BCUT2D eigenvalue weighted by Gasteiger charge is -2.15. The first-order chi connectivity index (χ1) is 9.56. The van der Waals surface area contributed by atoms with Gasteiger partial charge in [-0.1, -0.05) is 41.0 Å². The fraction of sp³-hybridized carbons (Fsp3) is 0.250. The van der Waals surface area contributed by atoms with Crippen LogP contribution in [0.15, 0.2) is 29.7 Å². The van der Waals surface area contributed by atoms with Gasteiger partial charge in [0.15, 0.2) is 5.16 Å². The number of hydrogen-bond donors (Lipinski definition) is 2. The number of nitrogens with one attached hydrogen (secondary N) is 2. The zero-order valence-corrected chi connectivity index (χ0v) is 12.9. The zero-order valence-electron chi connectivity index (χ0n) is 10.6. The molecule has 0 saturated heterocycles. The molecule has 20 heavy (non-hydrogen) atoms. The third-order valence-electron chi connectivity index (χ3n) is 2.54. The summed E-state index contributed by atoms with van der Waals surface area (Å²) in [5, 5.41) is 11.0. The predicted octanol–water partition coefficient (Wildman–Crippen LogP) is 3.08. The van der Waals surface area contributed by atoms with Crippen LogP contribution in [0.3, 0.4) is 0 Å². The minimum atomic E-state index is -0.192. The van der Waals surface area contributed by atoms with Crippen molar-refractivity contribution in [1.29, 1.82) is 0 Å². The smallest absolute Gasteiger partial charge is 0.230 e. The molecule has 1 aromatic carbocycles. The molecule has 0 unspecified atom stereocenters. The van der Waals surface area contributed by atoms with E-state index in [1.165, 1.54) is 18.1 Å². The molecule has 2 N–H and O–H groups in total. The van der Waals surface area contributed by atoms with Crippen LogP contribution in [0.1, 0.15) is 18.5 Å². The summed E-state index contributed by atoms with van der Waals surface area (Å²) >= 11 is 13.2. The van der Waals surface area contributed by atoms with Crippen LogP contribution in [0.2, 0.25) is 10.0 Å². The van der Waals surface area contributed by atoms with Crippen molar-refractivity contribution < 1.29 is 4.79 Å². The fourth-order valence-corrected chi connectivity index (χ4v) is 2.77. The molecule has 1 aromatic heterocycles. The van der Waals surface area contributed by atoms with Crippen LogP contribution in [0.4, 0.5) is 0 Å². The number of benzene rings is 1. The lowest BCUT2D eigenvalue weighted by atomic mass is 10.1. The molecule has 1 atom stereocenters. The van der Waals surface area contributed by atoms with Gasteiger partial charge in [0.1, 0.15) is 6.33 Å². The maximum Gasteiger partial charge on any atom is 0.230 e. The molecule has 5 nitrogen and oxygen atoms in total. The van der Waals surface area contributed by atoms with Crippen LogP contribution in [0, 0.1) is 0 Å². The lowest BCUT2D eigenvalue weighted by Crippen LogP contribution is -2.28. The van der Waals surface area contributed by atoms with Gasteiger partial charge in [-0.25, -0.2) is 4.98 Å². The maximum absolute atomic E-state index is 11.8. The number of amides is 1. The highest BCUT2D eigenvalue weighted by molar-refractivity contribution is 7.99. The number of carbonyl (C=O) groups is 1. The molecule has 0 fully saturated rings. The number of rotatable bonds is 5. The number of halogens is 2. The van der Waals surface area contributed by atoms with Crippen molar-refractivity contribution in [2.75, 3.05) is 5.75 Å². The quantitative estimate of drug-likeness (QED) is 0.826. The van der Waals surface area contributed by atoms with Crippen LogP contribution in [0.25, 0.3) is 0 Å². The van der Waals surface area contributed by atoms with Crippen molar-refractivity contribution in [2.45, 2.75) is 18.1 Å². The largest absolute Gasteiger partial charge is 0.349 e. The Hall–Kier alpha value is -1.24. The Morgan fingerprint density at radius 1 is 1.50 bits per heavy atom.